The van der Waals surface area contributed by atoms with Crippen molar-refractivity contribution in [2.45, 2.75) is 13.8 Å². The Bertz CT molecular complexity index is 504. The summed E-state index contributed by atoms with van der Waals surface area (Å²) >= 11 is 0. The lowest BCUT2D eigenvalue weighted by Gasteiger charge is -2.10. The number of benzene rings is 2. The van der Waals surface area contributed by atoms with Crippen molar-refractivity contribution >= 4 is 0 Å². The zero-order valence-corrected chi connectivity index (χ0v) is 10.4. The van der Waals surface area contributed by atoms with Gasteiger partial charge in [0.2, 0.25) is 0 Å². The molecule has 0 saturated carbocycles. The van der Waals surface area contributed by atoms with Gasteiger partial charge < -0.3 is 10.2 Å². The number of rotatable bonds is 2. The lowest BCUT2D eigenvalue weighted by Crippen LogP contribution is -1.89. The third kappa shape index (κ3) is 2.86. The van der Waals surface area contributed by atoms with Crippen molar-refractivity contribution in [3.05, 3.63) is 53.6 Å². The average Bonchev–Trinajstić information content (AvgIpc) is 2.29. The molecule has 0 fully saturated rings. The van der Waals surface area contributed by atoms with Crippen LogP contribution in [0.3, 0.4) is 0 Å². The van der Waals surface area contributed by atoms with E-state index in [-0.39, 0.29) is 5.48 Å². The monoisotopic (exact) mass is 230 g/mol. The molecule has 0 saturated heterocycles. The minimum Gasteiger partial charge on any atom is -0.496 e. The summed E-state index contributed by atoms with van der Waals surface area (Å²) in [6, 6.07) is 14.7. The molecule has 2 nitrogen and oxygen atoms in total. The third-order valence-electron chi connectivity index (χ3n) is 2.68. The molecule has 0 unspecified atom stereocenters. The van der Waals surface area contributed by atoms with Crippen molar-refractivity contribution in [2.75, 3.05) is 7.11 Å². The fraction of sp³-hybridized carbons (Fsp3) is 0.200. The van der Waals surface area contributed by atoms with Crippen LogP contribution in [0.5, 0.6) is 5.75 Å². The maximum absolute atomic E-state index is 5.39. The SMILES string of the molecule is COc1ccc(C)cc1-c1cccc(C)c1.O. The van der Waals surface area contributed by atoms with Gasteiger partial charge in [-0.25, -0.2) is 0 Å². The second kappa shape index (κ2) is 5.51. The van der Waals surface area contributed by atoms with Gasteiger partial charge in [-0.05, 0) is 31.5 Å². The summed E-state index contributed by atoms with van der Waals surface area (Å²) in [4.78, 5) is 0. The van der Waals surface area contributed by atoms with Crippen LogP contribution in [0.15, 0.2) is 42.5 Å². The predicted octanol–water partition coefficient (Wildman–Crippen LogP) is 3.15. The standard InChI is InChI=1S/C15H16O.H2O/c1-11-5-4-6-13(9-11)14-10-12(2)7-8-15(14)16-3;/h4-10H,1-3H3;1H2. The maximum atomic E-state index is 5.39. The van der Waals surface area contributed by atoms with Crippen LogP contribution in [0.1, 0.15) is 11.1 Å². The summed E-state index contributed by atoms with van der Waals surface area (Å²) in [6.07, 6.45) is 0. The van der Waals surface area contributed by atoms with Crippen molar-refractivity contribution in [2.24, 2.45) is 0 Å². The summed E-state index contributed by atoms with van der Waals surface area (Å²) in [5.41, 5.74) is 4.88. The van der Waals surface area contributed by atoms with E-state index in [4.69, 9.17) is 4.74 Å². The molecule has 0 radical (unpaired) electrons. The number of methoxy groups -OCH3 is 1. The Morgan fingerprint density at radius 2 is 1.59 bits per heavy atom. The van der Waals surface area contributed by atoms with Crippen molar-refractivity contribution < 1.29 is 10.2 Å². The minimum atomic E-state index is 0. The van der Waals surface area contributed by atoms with Gasteiger partial charge in [0.25, 0.3) is 0 Å². The number of hydrogen-bond acceptors (Lipinski definition) is 1. The molecule has 2 heteroatoms. The van der Waals surface area contributed by atoms with Crippen LogP contribution >= 0.6 is 0 Å². The van der Waals surface area contributed by atoms with E-state index in [0.29, 0.717) is 0 Å². The molecule has 2 N–H and O–H groups in total. The highest BCUT2D eigenvalue weighted by molar-refractivity contribution is 5.71. The molecule has 0 bridgehead atoms. The molecule has 17 heavy (non-hydrogen) atoms. The summed E-state index contributed by atoms with van der Waals surface area (Å²) in [6.45, 7) is 4.20. The summed E-state index contributed by atoms with van der Waals surface area (Å²) in [7, 11) is 1.71. The second-order valence-corrected chi connectivity index (χ2v) is 4.07. The smallest absolute Gasteiger partial charge is 0.126 e. The molecule has 0 heterocycles. The zero-order chi connectivity index (χ0) is 11.5. The fourth-order valence-corrected chi connectivity index (χ4v) is 1.86. The first-order chi connectivity index (χ1) is 7.70. The highest BCUT2D eigenvalue weighted by atomic mass is 16.5. The van der Waals surface area contributed by atoms with Crippen LogP contribution in [0.2, 0.25) is 0 Å². The largest absolute Gasteiger partial charge is 0.496 e. The van der Waals surface area contributed by atoms with Crippen LogP contribution < -0.4 is 4.74 Å². The van der Waals surface area contributed by atoms with E-state index in [2.05, 4.69) is 50.2 Å². The molecular formula is C15H18O2. The Morgan fingerprint density at radius 3 is 2.24 bits per heavy atom. The topological polar surface area (TPSA) is 40.7 Å². The molecule has 0 amide bonds. The van der Waals surface area contributed by atoms with Crippen LogP contribution in [0.25, 0.3) is 11.1 Å². The van der Waals surface area contributed by atoms with Gasteiger partial charge in [-0.15, -0.1) is 0 Å². The van der Waals surface area contributed by atoms with Crippen LogP contribution in [-0.4, -0.2) is 12.6 Å². The Hall–Kier alpha value is -1.80. The Morgan fingerprint density at radius 1 is 0.882 bits per heavy atom. The normalized spacial score (nSPS) is 9.59. The quantitative estimate of drug-likeness (QED) is 0.781. The first kappa shape index (κ1) is 13.3. The van der Waals surface area contributed by atoms with Crippen molar-refractivity contribution in [1.82, 2.24) is 0 Å². The fourth-order valence-electron chi connectivity index (χ4n) is 1.86. The van der Waals surface area contributed by atoms with E-state index in [1.807, 2.05) is 6.07 Å². The first-order valence-electron chi connectivity index (χ1n) is 5.42. The van der Waals surface area contributed by atoms with Gasteiger partial charge in [0, 0.05) is 5.56 Å². The third-order valence-corrected chi connectivity index (χ3v) is 2.68. The van der Waals surface area contributed by atoms with Gasteiger partial charge in [0.05, 0.1) is 7.11 Å². The molecule has 2 aromatic carbocycles. The molecule has 0 aliphatic heterocycles. The summed E-state index contributed by atoms with van der Waals surface area (Å²) < 4.78 is 5.39. The van der Waals surface area contributed by atoms with Gasteiger partial charge in [-0.3, -0.25) is 0 Å². The van der Waals surface area contributed by atoms with E-state index in [0.717, 1.165) is 11.3 Å². The number of hydrogen-bond donors (Lipinski definition) is 0. The van der Waals surface area contributed by atoms with Crippen LogP contribution in [-0.2, 0) is 0 Å². The molecule has 0 aromatic heterocycles. The maximum Gasteiger partial charge on any atom is 0.126 e. The zero-order valence-electron chi connectivity index (χ0n) is 10.4. The van der Waals surface area contributed by atoms with Crippen molar-refractivity contribution in [3.8, 4) is 16.9 Å². The van der Waals surface area contributed by atoms with Gasteiger partial charge in [0.15, 0.2) is 0 Å². The number of ether oxygens (including phenoxy) is 1. The van der Waals surface area contributed by atoms with E-state index in [1.54, 1.807) is 7.11 Å². The first-order valence-corrected chi connectivity index (χ1v) is 5.42. The highest BCUT2D eigenvalue weighted by Crippen LogP contribution is 2.31. The highest BCUT2D eigenvalue weighted by Gasteiger charge is 2.05. The Labute approximate surface area is 102 Å². The Kier molecular flexibility index (Phi) is 4.30. The van der Waals surface area contributed by atoms with Gasteiger partial charge >= 0.3 is 0 Å². The van der Waals surface area contributed by atoms with Crippen LogP contribution in [0, 0.1) is 13.8 Å². The molecule has 0 aliphatic carbocycles. The molecular weight excluding hydrogens is 212 g/mol. The lowest BCUT2D eigenvalue weighted by atomic mass is 10.0. The molecule has 0 atom stereocenters. The molecule has 2 aromatic rings. The Balaban J connectivity index is 0.00000144. The minimum absolute atomic E-state index is 0. The molecule has 90 valence electrons. The average molecular weight is 230 g/mol. The van der Waals surface area contributed by atoms with Gasteiger partial charge in [0.1, 0.15) is 5.75 Å². The van der Waals surface area contributed by atoms with Gasteiger partial charge in [-0.1, -0.05) is 41.5 Å². The predicted molar refractivity (Wildman–Crippen MR) is 71.5 cm³/mol. The van der Waals surface area contributed by atoms with Crippen LogP contribution in [0.4, 0.5) is 0 Å². The van der Waals surface area contributed by atoms with E-state index < -0.39 is 0 Å². The number of aryl methyl sites for hydroxylation is 2. The van der Waals surface area contributed by atoms with Gasteiger partial charge in [-0.2, -0.15) is 0 Å². The molecule has 0 spiro atoms. The summed E-state index contributed by atoms with van der Waals surface area (Å²) in [5, 5.41) is 0. The van der Waals surface area contributed by atoms with E-state index in [1.165, 1.54) is 16.7 Å². The van der Waals surface area contributed by atoms with Crippen molar-refractivity contribution in [1.29, 1.82) is 0 Å². The second-order valence-electron chi connectivity index (χ2n) is 4.07. The van der Waals surface area contributed by atoms with E-state index in [9.17, 15) is 0 Å². The molecule has 2 rings (SSSR count). The van der Waals surface area contributed by atoms with E-state index >= 15 is 0 Å². The van der Waals surface area contributed by atoms with Crippen molar-refractivity contribution in [3.63, 3.8) is 0 Å². The lowest BCUT2D eigenvalue weighted by molar-refractivity contribution is 0.416. The molecule has 0 aliphatic rings. The summed E-state index contributed by atoms with van der Waals surface area (Å²) in [5.74, 6) is 0.927.